The van der Waals surface area contributed by atoms with Crippen LogP contribution in [0.1, 0.15) is 32.6 Å². The zero-order valence-corrected chi connectivity index (χ0v) is 14.9. The quantitative estimate of drug-likeness (QED) is 0.581. The minimum atomic E-state index is -3.40. The SMILES string of the molecule is CCCCCC#CC=CS(=O)(=O)N1CCN(c2ncccn2)CC1. The molecule has 24 heavy (non-hydrogen) atoms. The predicted molar refractivity (Wildman–Crippen MR) is 95.8 cm³/mol. The number of sulfonamides is 1. The molecule has 1 aliphatic rings. The lowest BCUT2D eigenvalue weighted by atomic mass is 10.2. The highest BCUT2D eigenvalue weighted by molar-refractivity contribution is 7.92. The Hall–Kier alpha value is -1.91. The van der Waals surface area contributed by atoms with Gasteiger partial charge in [0.2, 0.25) is 16.0 Å². The Balaban J connectivity index is 1.83. The van der Waals surface area contributed by atoms with E-state index in [1.165, 1.54) is 15.8 Å². The number of allylic oxidation sites excluding steroid dienone is 1. The fourth-order valence-corrected chi connectivity index (χ4v) is 3.48. The highest BCUT2D eigenvalue weighted by Crippen LogP contribution is 2.13. The van der Waals surface area contributed by atoms with Crippen LogP contribution in [-0.2, 0) is 10.0 Å². The summed E-state index contributed by atoms with van der Waals surface area (Å²) in [5, 5.41) is 1.20. The second-order valence-corrected chi connectivity index (χ2v) is 7.38. The lowest BCUT2D eigenvalue weighted by molar-refractivity contribution is 0.387. The van der Waals surface area contributed by atoms with Crippen LogP contribution in [0.3, 0.4) is 0 Å². The van der Waals surface area contributed by atoms with Gasteiger partial charge in [0, 0.05) is 51.1 Å². The van der Waals surface area contributed by atoms with Gasteiger partial charge < -0.3 is 4.90 Å². The number of anilines is 1. The monoisotopic (exact) mass is 348 g/mol. The van der Waals surface area contributed by atoms with Crippen molar-refractivity contribution in [1.82, 2.24) is 14.3 Å². The third-order valence-electron chi connectivity index (χ3n) is 3.76. The molecule has 0 aromatic carbocycles. The second-order valence-electron chi connectivity index (χ2n) is 5.56. The van der Waals surface area contributed by atoms with Gasteiger partial charge in [-0.3, -0.25) is 0 Å². The summed E-state index contributed by atoms with van der Waals surface area (Å²) in [6.07, 6.45) is 9.01. The van der Waals surface area contributed by atoms with Gasteiger partial charge in [0.05, 0.1) is 5.41 Å². The van der Waals surface area contributed by atoms with Crippen molar-refractivity contribution in [2.45, 2.75) is 32.6 Å². The Kier molecular flexibility index (Phi) is 7.22. The fraction of sp³-hybridized carbons (Fsp3) is 0.529. The third-order valence-corrected chi connectivity index (χ3v) is 5.33. The summed E-state index contributed by atoms with van der Waals surface area (Å²) >= 11 is 0. The molecule has 1 fully saturated rings. The zero-order chi connectivity index (χ0) is 17.3. The van der Waals surface area contributed by atoms with Crippen LogP contribution >= 0.6 is 0 Å². The average Bonchev–Trinajstić information content (AvgIpc) is 2.62. The molecule has 0 atom stereocenters. The Morgan fingerprint density at radius 3 is 2.54 bits per heavy atom. The first-order valence-corrected chi connectivity index (χ1v) is 9.81. The molecule has 6 nitrogen and oxygen atoms in total. The van der Waals surface area contributed by atoms with E-state index in [4.69, 9.17) is 0 Å². The number of piperazine rings is 1. The average molecular weight is 348 g/mol. The summed E-state index contributed by atoms with van der Waals surface area (Å²) in [5.41, 5.74) is 0. The van der Waals surface area contributed by atoms with Crippen LogP contribution in [0.15, 0.2) is 29.9 Å². The van der Waals surface area contributed by atoms with Crippen LogP contribution in [0, 0.1) is 11.8 Å². The van der Waals surface area contributed by atoms with Gasteiger partial charge in [-0.05, 0) is 12.5 Å². The first-order chi connectivity index (χ1) is 11.6. The van der Waals surface area contributed by atoms with Gasteiger partial charge >= 0.3 is 0 Å². The van der Waals surface area contributed by atoms with Crippen LogP contribution < -0.4 is 4.90 Å². The normalized spacial score (nSPS) is 16.1. The highest BCUT2D eigenvalue weighted by atomic mass is 32.2. The van der Waals surface area contributed by atoms with Crippen molar-refractivity contribution in [3.05, 3.63) is 29.9 Å². The van der Waals surface area contributed by atoms with E-state index in [1.807, 2.05) is 4.90 Å². The smallest absolute Gasteiger partial charge is 0.236 e. The van der Waals surface area contributed by atoms with Crippen molar-refractivity contribution in [1.29, 1.82) is 0 Å². The van der Waals surface area contributed by atoms with Gasteiger partial charge in [0.1, 0.15) is 0 Å². The van der Waals surface area contributed by atoms with Crippen molar-refractivity contribution in [3.63, 3.8) is 0 Å². The Labute approximate surface area is 144 Å². The van der Waals surface area contributed by atoms with E-state index in [1.54, 1.807) is 18.5 Å². The van der Waals surface area contributed by atoms with Crippen LogP contribution in [-0.4, -0.2) is 48.9 Å². The maximum atomic E-state index is 12.3. The van der Waals surface area contributed by atoms with E-state index in [-0.39, 0.29) is 0 Å². The molecule has 7 heteroatoms. The van der Waals surface area contributed by atoms with Crippen molar-refractivity contribution in [2.75, 3.05) is 31.1 Å². The summed E-state index contributed by atoms with van der Waals surface area (Å²) in [7, 11) is -3.40. The Morgan fingerprint density at radius 1 is 1.17 bits per heavy atom. The van der Waals surface area contributed by atoms with Crippen LogP contribution in [0.5, 0.6) is 0 Å². The van der Waals surface area contributed by atoms with Gasteiger partial charge in [0.15, 0.2) is 0 Å². The molecule has 1 aromatic heterocycles. The summed E-state index contributed by atoms with van der Waals surface area (Å²) in [6.45, 7) is 4.16. The molecule has 0 amide bonds. The zero-order valence-electron chi connectivity index (χ0n) is 14.1. The molecule has 1 aliphatic heterocycles. The largest absolute Gasteiger partial charge is 0.338 e. The molecule has 0 bridgehead atoms. The number of hydrogen-bond donors (Lipinski definition) is 0. The molecule has 0 spiro atoms. The van der Waals surface area contributed by atoms with E-state index in [0.717, 1.165) is 25.7 Å². The molecule has 0 aliphatic carbocycles. The lowest BCUT2D eigenvalue weighted by Gasteiger charge is -2.33. The lowest BCUT2D eigenvalue weighted by Crippen LogP contribution is -2.48. The topological polar surface area (TPSA) is 66.4 Å². The van der Waals surface area contributed by atoms with Gasteiger partial charge in [-0.25, -0.2) is 18.4 Å². The van der Waals surface area contributed by atoms with Gasteiger partial charge in [-0.15, -0.1) is 0 Å². The van der Waals surface area contributed by atoms with Crippen molar-refractivity contribution < 1.29 is 8.42 Å². The first kappa shape index (κ1) is 18.4. The molecule has 1 saturated heterocycles. The molecule has 0 saturated carbocycles. The molecular weight excluding hydrogens is 324 g/mol. The number of rotatable bonds is 6. The number of nitrogens with zero attached hydrogens (tertiary/aromatic N) is 4. The summed E-state index contributed by atoms with van der Waals surface area (Å²) in [5.74, 6) is 6.43. The standard InChI is InChI=1S/C17H24N4O2S/c1-2-3-4-5-6-7-8-16-24(22,23)21-14-12-20(13-15-21)17-18-10-9-11-19-17/h8-11,16H,2-5,12-15H2,1H3. The highest BCUT2D eigenvalue weighted by Gasteiger charge is 2.25. The minimum Gasteiger partial charge on any atom is -0.338 e. The van der Waals surface area contributed by atoms with Gasteiger partial charge in [0.25, 0.3) is 0 Å². The first-order valence-electron chi connectivity index (χ1n) is 8.30. The number of hydrogen-bond acceptors (Lipinski definition) is 5. The fourth-order valence-electron chi connectivity index (χ4n) is 2.40. The Bertz CT molecular complexity index is 684. The molecule has 0 N–H and O–H groups in total. The van der Waals surface area contributed by atoms with Crippen molar-refractivity contribution in [2.24, 2.45) is 0 Å². The molecule has 1 aromatic rings. The number of unbranched alkanes of at least 4 members (excludes halogenated alkanes) is 3. The predicted octanol–water partition coefficient (Wildman–Crippen LogP) is 2.03. The Morgan fingerprint density at radius 2 is 1.88 bits per heavy atom. The molecule has 130 valence electrons. The van der Waals surface area contributed by atoms with E-state index in [9.17, 15) is 8.42 Å². The molecule has 0 radical (unpaired) electrons. The second kappa shape index (κ2) is 9.40. The van der Waals surface area contributed by atoms with E-state index < -0.39 is 10.0 Å². The molecule has 2 rings (SSSR count). The van der Waals surface area contributed by atoms with Gasteiger partial charge in [-0.2, -0.15) is 4.31 Å². The maximum Gasteiger partial charge on any atom is 0.236 e. The van der Waals surface area contributed by atoms with Crippen molar-refractivity contribution >= 4 is 16.0 Å². The van der Waals surface area contributed by atoms with E-state index >= 15 is 0 Å². The van der Waals surface area contributed by atoms with Crippen LogP contribution in [0.25, 0.3) is 0 Å². The van der Waals surface area contributed by atoms with Crippen molar-refractivity contribution in [3.8, 4) is 11.8 Å². The molecule has 2 heterocycles. The van der Waals surface area contributed by atoms with Crippen LogP contribution in [0.4, 0.5) is 5.95 Å². The number of aromatic nitrogens is 2. The van der Waals surface area contributed by atoms with Crippen LogP contribution in [0.2, 0.25) is 0 Å². The third kappa shape index (κ3) is 5.62. The summed E-state index contributed by atoms with van der Waals surface area (Å²) < 4.78 is 26.0. The van der Waals surface area contributed by atoms with Gasteiger partial charge in [-0.1, -0.05) is 31.6 Å². The molecule has 0 unspecified atom stereocenters. The minimum absolute atomic E-state index is 0.425. The molecular formula is C17H24N4O2S. The summed E-state index contributed by atoms with van der Waals surface area (Å²) in [4.78, 5) is 10.4. The van der Waals surface area contributed by atoms with E-state index in [2.05, 4.69) is 28.7 Å². The maximum absolute atomic E-state index is 12.3. The summed E-state index contributed by atoms with van der Waals surface area (Å²) in [6, 6.07) is 1.76. The van der Waals surface area contributed by atoms with E-state index in [0.29, 0.717) is 32.1 Å².